The first-order valence-corrected chi connectivity index (χ1v) is 8.68. The smallest absolute Gasteiger partial charge is 0.00390 e. The molecule has 0 amide bonds. The van der Waals surface area contributed by atoms with E-state index >= 15 is 0 Å². The van der Waals surface area contributed by atoms with Crippen LogP contribution in [0.15, 0.2) is 0 Å². The van der Waals surface area contributed by atoms with Gasteiger partial charge in [0.05, 0.1) is 0 Å². The molecule has 0 heterocycles. The van der Waals surface area contributed by atoms with Crippen LogP contribution < -0.4 is 11.5 Å². The second-order valence-electron chi connectivity index (χ2n) is 8.12. The van der Waals surface area contributed by atoms with Crippen LogP contribution in [-0.4, -0.2) is 12.6 Å². The van der Waals surface area contributed by atoms with Crippen LogP contribution in [0, 0.1) is 10.8 Å². The monoisotopic (exact) mass is 284 g/mol. The van der Waals surface area contributed by atoms with Crippen LogP contribution >= 0.6 is 0 Å². The first kappa shape index (κ1) is 19.9. The molecule has 0 aromatic carbocycles. The highest BCUT2D eigenvalue weighted by molar-refractivity contribution is 4.75. The predicted molar refractivity (Wildman–Crippen MR) is 91.8 cm³/mol. The van der Waals surface area contributed by atoms with Crippen LogP contribution in [0.1, 0.15) is 92.4 Å². The molecule has 0 aliphatic carbocycles. The Labute approximate surface area is 128 Å². The molecule has 1 unspecified atom stereocenters. The number of nitrogens with two attached hydrogens (primary N) is 2. The molecule has 2 heteroatoms. The summed E-state index contributed by atoms with van der Waals surface area (Å²) in [5, 5.41) is 0. The van der Waals surface area contributed by atoms with Gasteiger partial charge in [-0.3, -0.25) is 0 Å². The van der Waals surface area contributed by atoms with E-state index in [0.717, 1.165) is 25.8 Å². The highest BCUT2D eigenvalue weighted by atomic mass is 14.6. The van der Waals surface area contributed by atoms with Crippen molar-refractivity contribution in [1.29, 1.82) is 0 Å². The second-order valence-corrected chi connectivity index (χ2v) is 8.12. The summed E-state index contributed by atoms with van der Waals surface area (Å²) in [6, 6.07) is 0.368. The van der Waals surface area contributed by atoms with Gasteiger partial charge in [-0.25, -0.2) is 0 Å². The first-order valence-electron chi connectivity index (χ1n) is 8.68. The topological polar surface area (TPSA) is 52.0 Å². The average molecular weight is 285 g/mol. The first-order chi connectivity index (χ1) is 9.22. The summed E-state index contributed by atoms with van der Waals surface area (Å²) in [6.07, 6.45) is 11.1. The molecule has 0 aliphatic rings. The zero-order valence-electron chi connectivity index (χ0n) is 14.8. The molecule has 20 heavy (non-hydrogen) atoms. The molecule has 0 aromatic heterocycles. The number of unbranched alkanes of at least 4 members (excludes halogenated alkanes) is 1. The Hall–Kier alpha value is -0.0800. The summed E-state index contributed by atoms with van der Waals surface area (Å²) in [5.74, 6) is 0. The Balaban J connectivity index is 3.83. The van der Waals surface area contributed by atoms with Gasteiger partial charge in [-0.05, 0) is 55.9 Å². The zero-order valence-corrected chi connectivity index (χ0v) is 14.8. The summed E-state index contributed by atoms with van der Waals surface area (Å²) < 4.78 is 0. The minimum Gasteiger partial charge on any atom is -0.330 e. The van der Waals surface area contributed by atoms with E-state index in [0.29, 0.717) is 16.9 Å². The fourth-order valence-electron chi connectivity index (χ4n) is 2.62. The van der Waals surface area contributed by atoms with Crippen molar-refractivity contribution < 1.29 is 0 Å². The van der Waals surface area contributed by atoms with Gasteiger partial charge in [0.25, 0.3) is 0 Å². The lowest BCUT2D eigenvalue weighted by atomic mass is 9.77. The van der Waals surface area contributed by atoms with Gasteiger partial charge < -0.3 is 11.5 Å². The molecule has 4 N–H and O–H groups in total. The van der Waals surface area contributed by atoms with Crippen LogP contribution in [0.3, 0.4) is 0 Å². The van der Waals surface area contributed by atoms with Gasteiger partial charge in [-0.2, -0.15) is 0 Å². The molecule has 0 saturated carbocycles. The zero-order chi connectivity index (χ0) is 15.6. The third kappa shape index (κ3) is 10.7. The van der Waals surface area contributed by atoms with E-state index in [2.05, 4.69) is 34.6 Å². The number of hydrogen-bond donors (Lipinski definition) is 2. The van der Waals surface area contributed by atoms with Gasteiger partial charge >= 0.3 is 0 Å². The second kappa shape index (κ2) is 9.78. The maximum Gasteiger partial charge on any atom is 0.00390 e. The molecule has 0 bridgehead atoms. The van der Waals surface area contributed by atoms with Crippen molar-refractivity contribution in [3.63, 3.8) is 0 Å². The van der Waals surface area contributed by atoms with Crippen molar-refractivity contribution in [1.82, 2.24) is 0 Å². The Kier molecular flexibility index (Phi) is 9.74. The van der Waals surface area contributed by atoms with E-state index in [9.17, 15) is 0 Å². The van der Waals surface area contributed by atoms with Gasteiger partial charge in [0.15, 0.2) is 0 Å². The summed E-state index contributed by atoms with van der Waals surface area (Å²) in [5.41, 5.74) is 12.7. The Morgan fingerprint density at radius 1 is 0.800 bits per heavy atom. The lowest BCUT2D eigenvalue weighted by Gasteiger charge is -2.29. The maximum absolute atomic E-state index is 6.20. The van der Waals surface area contributed by atoms with Crippen molar-refractivity contribution in [2.45, 2.75) is 98.4 Å². The van der Waals surface area contributed by atoms with Gasteiger partial charge in [0.1, 0.15) is 0 Å². The van der Waals surface area contributed by atoms with Crippen LogP contribution in [0.5, 0.6) is 0 Å². The van der Waals surface area contributed by atoms with Crippen molar-refractivity contribution in [3.05, 3.63) is 0 Å². The molecule has 0 aromatic rings. The molecular weight excluding hydrogens is 244 g/mol. The third-order valence-corrected chi connectivity index (χ3v) is 4.89. The fourth-order valence-corrected chi connectivity index (χ4v) is 2.62. The van der Waals surface area contributed by atoms with Gasteiger partial charge in [-0.15, -0.1) is 0 Å². The predicted octanol–water partition coefficient (Wildman–Crippen LogP) is 4.86. The van der Waals surface area contributed by atoms with E-state index < -0.39 is 0 Å². The third-order valence-electron chi connectivity index (χ3n) is 4.89. The van der Waals surface area contributed by atoms with Crippen LogP contribution in [0.2, 0.25) is 0 Å². The Bertz CT molecular complexity index is 234. The van der Waals surface area contributed by atoms with Crippen molar-refractivity contribution >= 4 is 0 Å². The summed E-state index contributed by atoms with van der Waals surface area (Å²) >= 11 is 0. The van der Waals surface area contributed by atoms with Gasteiger partial charge in [0, 0.05) is 6.04 Å². The minimum absolute atomic E-state index is 0.368. The highest BCUT2D eigenvalue weighted by Crippen LogP contribution is 2.34. The van der Waals surface area contributed by atoms with Crippen molar-refractivity contribution in [3.8, 4) is 0 Å². The molecule has 0 aliphatic heterocycles. The number of rotatable bonds is 12. The van der Waals surface area contributed by atoms with Crippen LogP contribution in [-0.2, 0) is 0 Å². The van der Waals surface area contributed by atoms with E-state index in [1.807, 2.05) is 0 Å². The molecule has 0 fully saturated rings. The highest BCUT2D eigenvalue weighted by Gasteiger charge is 2.21. The molecular formula is C18H40N2. The molecule has 0 rings (SSSR count). The molecule has 0 saturated heterocycles. The lowest BCUT2D eigenvalue weighted by Crippen LogP contribution is -2.24. The van der Waals surface area contributed by atoms with Crippen LogP contribution in [0.4, 0.5) is 0 Å². The van der Waals surface area contributed by atoms with Crippen molar-refractivity contribution in [2.75, 3.05) is 6.54 Å². The quantitative estimate of drug-likeness (QED) is 0.503. The van der Waals surface area contributed by atoms with Gasteiger partial charge in [-0.1, -0.05) is 53.9 Å². The van der Waals surface area contributed by atoms with E-state index in [-0.39, 0.29) is 0 Å². The van der Waals surface area contributed by atoms with E-state index in [1.165, 1.54) is 38.5 Å². The molecule has 1 atom stereocenters. The fraction of sp³-hybridized carbons (Fsp3) is 1.00. The summed E-state index contributed by atoms with van der Waals surface area (Å²) in [4.78, 5) is 0. The molecule has 0 radical (unpaired) electrons. The Morgan fingerprint density at radius 3 is 1.95 bits per heavy atom. The SMILES string of the molecule is CCC(C)(C)CCCC(C)(C)CCC(N)CCCCN. The van der Waals surface area contributed by atoms with Crippen molar-refractivity contribution in [2.24, 2.45) is 22.3 Å². The minimum atomic E-state index is 0.368. The maximum atomic E-state index is 6.20. The van der Waals surface area contributed by atoms with Gasteiger partial charge in [0.2, 0.25) is 0 Å². The van der Waals surface area contributed by atoms with Crippen LogP contribution in [0.25, 0.3) is 0 Å². The molecule has 0 spiro atoms. The van der Waals surface area contributed by atoms with E-state index in [1.54, 1.807) is 0 Å². The molecule has 2 nitrogen and oxygen atoms in total. The number of hydrogen-bond acceptors (Lipinski definition) is 2. The summed E-state index contributed by atoms with van der Waals surface area (Å²) in [7, 11) is 0. The standard InChI is InChI=1S/C18H40N2/c1-6-17(2,3)12-9-13-18(4,5)14-11-16(20)10-7-8-15-19/h16H,6-15,19-20H2,1-5H3. The Morgan fingerprint density at radius 2 is 1.40 bits per heavy atom. The summed E-state index contributed by atoms with van der Waals surface area (Å²) in [6.45, 7) is 12.7. The normalized spacial score (nSPS) is 14.6. The van der Waals surface area contributed by atoms with E-state index in [4.69, 9.17) is 11.5 Å². The average Bonchev–Trinajstić information content (AvgIpc) is 2.36. The lowest BCUT2D eigenvalue weighted by molar-refractivity contribution is 0.240. The molecule has 122 valence electrons. The largest absolute Gasteiger partial charge is 0.330 e.